The van der Waals surface area contributed by atoms with Crippen LogP contribution in [0.1, 0.15) is 28.1 Å². The minimum atomic E-state index is 1.11. The molecule has 0 aliphatic carbocycles. The summed E-state index contributed by atoms with van der Waals surface area (Å²) in [6.45, 7) is 10.5. The van der Waals surface area contributed by atoms with Crippen LogP contribution in [0.3, 0.4) is 0 Å². The Kier molecular flexibility index (Phi) is 2.58. The average Bonchev–Trinajstić information content (AvgIpc) is 2.46. The zero-order chi connectivity index (χ0) is 11.9. The highest BCUT2D eigenvalue weighted by Gasteiger charge is 2.10. The van der Waals surface area contributed by atoms with Gasteiger partial charge in [-0.05, 0) is 51.8 Å². The number of nitrogens with zero attached hydrogens (tertiary/aromatic N) is 2. The van der Waals surface area contributed by atoms with Crippen molar-refractivity contribution in [1.82, 2.24) is 9.78 Å². The second-order valence-corrected chi connectivity index (χ2v) is 4.50. The molecule has 2 aromatic rings. The molecule has 2 rings (SSSR count). The molecule has 0 fully saturated rings. The topological polar surface area (TPSA) is 17.8 Å². The predicted molar refractivity (Wildman–Crippen MR) is 67.2 cm³/mol. The van der Waals surface area contributed by atoms with Gasteiger partial charge < -0.3 is 0 Å². The largest absolute Gasteiger partial charge is 0.237 e. The lowest BCUT2D eigenvalue weighted by Crippen LogP contribution is -2.01. The lowest BCUT2D eigenvalue weighted by Gasteiger charge is -2.09. The molecular formula is C14H18N2. The van der Waals surface area contributed by atoms with Crippen LogP contribution in [0.4, 0.5) is 0 Å². The van der Waals surface area contributed by atoms with Crippen LogP contribution >= 0.6 is 0 Å². The highest BCUT2D eigenvalue weighted by molar-refractivity contribution is 5.44. The van der Waals surface area contributed by atoms with Crippen LogP contribution in [0.5, 0.6) is 0 Å². The van der Waals surface area contributed by atoms with Crippen molar-refractivity contribution in [3.05, 3.63) is 46.3 Å². The summed E-state index contributed by atoms with van der Waals surface area (Å²) in [5.74, 6) is 0. The first kappa shape index (κ1) is 10.9. The lowest BCUT2D eigenvalue weighted by atomic mass is 10.1. The van der Waals surface area contributed by atoms with Gasteiger partial charge in [0.25, 0.3) is 0 Å². The Bertz CT molecular complexity index is 536. The van der Waals surface area contributed by atoms with Gasteiger partial charge in [-0.25, -0.2) is 4.68 Å². The fourth-order valence-corrected chi connectivity index (χ4v) is 2.00. The predicted octanol–water partition coefficient (Wildman–Crippen LogP) is 3.41. The van der Waals surface area contributed by atoms with E-state index in [1.807, 2.05) is 4.68 Å². The summed E-state index contributed by atoms with van der Waals surface area (Å²) in [6, 6.07) is 6.47. The summed E-state index contributed by atoms with van der Waals surface area (Å²) in [6.07, 6.45) is 0. The van der Waals surface area contributed by atoms with Gasteiger partial charge in [0.1, 0.15) is 0 Å². The van der Waals surface area contributed by atoms with Gasteiger partial charge in [0.05, 0.1) is 11.4 Å². The molecule has 0 aliphatic heterocycles. The number of benzene rings is 1. The molecule has 2 heteroatoms. The van der Waals surface area contributed by atoms with E-state index in [4.69, 9.17) is 0 Å². The van der Waals surface area contributed by atoms with Crippen molar-refractivity contribution in [2.45, 2.75) is 34.6 Å². The van der Waals surface area contributed by atoms with Crippen LogP contribution < -0.4 is 0 Å². The monoisotopic (exact) mass is 214 g/mol. The fraction of sp³-hybridized carbons (Fsp3) is 0.357. The van der Waals surface area contributed by atoms with Crippen LogP contribution in [-0.2, 0) is 0 Å². The van der Waals surface area contributed by atoms with Gasteiger partial charge >= 0.3 is 0 Å². The van der Waals surface area contributed by atoms with Crippen LogP contribution in [-0.4, -0.2) is 9.78 Å². The molecular weight excluding hydrogens is 196 g/mol. The van der Waals surface area contributed by atoms with E-state index in [0.29, 0.717) is 0 Å². The zero-order valence-electron chi connectivity index (χ0n) is 10.6. The van der Waals surface area contributed by atoms with E-state index in [9.17, 15) is 0 Å². The van der Waals surface area contributed by atoms with Crippen molar-refractivity contribution in [1.29, 1.82) is 0 Å². The SMILES string of the molecule is Cc1ccc(-n2nc(C)c(C)c2C)c(C)c1. The molecule has 0 saturated carbocycles. The second-order valence-electron chi connectivity index (χ2n) is 4.50. The van der Waals surface area contributed by atoms with Crippen LogP contribution in [0.2, 0.25) is 0 Å². The quantitative estimate of drug-likeness (QED) is 0.711. The number of aromatic nitrogens is 2. The molecule has 0 bridgehead atoms. The van der Waals surface area contributed by atoms with Crippen LogP contribution in [0, 0.1) is 34.6 Å². The molecule has 0 aliphatic rings. The molecule has 2 nitrogen and oxygen atoms in total. The minimum Gasteiger partial charge on any atom is -0.237 e. The van der Waals surface area contributed by atoms with Gasteiger partial charge in [-0.15, -0.1) is 0 Å². The van der Waals surface area contributed by atoms with Gasteiger partial charge in [-0.2, -0.15) is 5.10 Å². The summed E-state index contributed by atoms with van der Waals surface area (Å²) in [4.78, 5) is 0. The van der Waals surface area contributed by atoms with E-state index >= 15 is 0 Å². The molecule has 16 heavy (non-hydrogen) atoms. The smallest absolute Gasteiger partial charge is 0.0678 e. The Morgan fingerprint density at radius 3 is 2.19 bits per heavy atom. The fourth-order valence-electron chi connectivity index (χ4n) is 2.00. The van der Waals surface area contributed by atoms with E-state index in [0.717, 1.165) is 5.69 Å². The van der Waals surface area contributed by atoms with Crippen molar-refractivity contribution in [3.8, 4) is 5.69 Å². The highest BCUT2D eigenvalue weighted by Crippen LogP contribution is 2.20. The molecule has 1 aromatic carbocycles. The Labute approximate surface area is 96.9 Å². The van der Waals surface area contributed by atoms with Gasteiger partial charge in [0.2, 0.25) is 0 Å². The molecule has 0 saturated heterocycles. The summed E-state index contributed by atoms with van der Waals surface area (Å²) in [5, 5.41) is 4.59. The lowest BCUT2D eigenvalue weighted by molar-refractivity contribution is 0.826. The molecule has 84 valence electrons. The van der Waals surface area contributed by atoms with E-state index in [2.05, 4.69) is 57.9 Å². The molecule has 1 heterocycles. The third-order valence-corrected chi connectivity index (χ3v) is 3.23. The van der Waals surface area contributed by atoms with E-state index < -0.39 is 0 Å². The molecule has 1 aromatic heterocycles. The molecule has 0 amide bonds. The normalized spacial score (nSPS) is 10.8. The van der Waals surface area contributed by atoms with Gasteiger partial charge in [0, 0.05) is 5.69 Å². The first-order valence-corrected chi connectivity index (χ1v) is 5.61. The van der Waals surface area contributed by atoms with Crippen LogP contribution in [0.15, 0.2) is 18.2 Å². The summed E-state index contributed by atoms with van der Waals surface area (Å²) < 4.78 is 2.04. The minimum absolute atomic E-state index is 1.11. The van der Waals surface area contributed by atoms with Crippen molar-refractivity contribution < 1.29 is 0 Å². The van der Waals surface area contributed by atoms with Gasteiger partial charge in [-0.1, -0.05) is 17.7 Å². The third-order valence-electron chi connectivity index (χ3n) is 3.23. The van der Waals surface area contributed by atoms with Gasteiger partial charge in [-0.3, -0.25) is 0 Å². The Balaban J connectivity index is 2.63. The summed E-state index contributed by atoms with van der Waals surface area (Å²) in [5.41, 5.74) is 7.35. The van der Waals surface area contributed by atoms with Gasteiger partial charge in [0.15, 0.2) is 0 Å². The van der Waals surface area contributed by atoms with Crippen molar-refractivity contribution >= 4 is 0 Å². The maximum atomic E-state index is 4.59. The molecule has 0 unspecified atom stereocenters. The number of hydrogen-bond acceptors (Lipinski definition) is 1. The molecule has 0 atom stereocenters. The highest BCUT2D eigenvalue weighted by atomic mass is 15.3. The summed E-state index contributed by atoms with van der Waals surface area (Å²) >= 11 is 0. The average molecular weight is 214 g/mol. The Morgan fingerprint density at radius 1 is 1.00 bits per heavy atom. The van der Waals surface area contributed by atoms with Crippen molar-refractivity contribution in [3.63, 3.8) is 0 Å². The number of aryl methyl sites for hydroxylation is 3. The molecule has 0 radical (unpaired) electrons. The number of hydrogen-bond donors (Lipinski definition) is 0. The maximum absolute atomic E-state index is 4.59. The zero-order valence-corrected chi connectivity index (χ0v) is 10.6. The molecule has 0 spiro atoms. The summed E-state index contributed by atoms with van der Waals surface area (Å²) in [7, 11) is 0. The second kappa shape index (κ2) is 3.78. The van der Waals surface area contributed by atoms with E-state index in [1.54, 1.807) is 0 Å². The van der Waals surface area contributed by atoms with Crippen molar-refractivity contribution in [2.24, 2.45) is 0 Å². The first-order chi connectivity index (χ1) is 7.50. The standard InChI is InChI=1S/C14H18N2/c1-9-6-7-14(10(2)8-9)16-13(5)11(3)12(4)15-16/h6-8H,1-5H3. The number of rotatable bonds is 1. The maximum Gasteiger partial charge on any atom is 0.0678 e. The van der Waals surface area contributed by atoms with E-state index in [1.165, 1.54) is 28.1 Å². The first-order valence-electron chi connectivity index (χ1n) is 5.61. The molecule has 0 N–H and O–H groups in total. The third kappa shape index (κ3) is 1.64. The Morgan fingerprint density at radius 2 is 1.69 bits per heavy atom. The Hall–Kier alpha value is -1.57. The van der Waals surface area contributed by atoms with Crippen LogP contribution in [0.25, 0.3) is 5.69 Å². The van der Waals surface area contributed by atoms with E-state index in [-0.39, 0.29) is 0 Å². The van der Waals surface area contributed by atoms with Crippen molar-refractivity contribution in [2.75, 3.05) is 0 Å².